The summed E-state index contributed by atoms with van der Waals surface area (Å²) in [4.78, 5) is 0. The van der Waals surface area contributed by atoms with Crippen LogP contribution in [0.15, 0.2) is 91.0 Å². The first-order chi connectivity index (χ1) is 14.3. The number of rotatable bonds is 5. The number of hydrogen-bond donors (Lipinski definition) is 0. The number of benzene rings is 3. The van der Waals surface area contributed by atoms with Crippen molar-refractivity contribution in [1.29, 1.82) is 0 Å². The molecule has 4 heteroatoms. The van der Waals surface area contributed by atoms with Gasteiger partial charge < -0.3 is 24.8 Å². The summed E-state index contributed by atoms with van der Waals surface area (Å²) in [5, 5.41) is 9.83. The first-order valence-electron chi connectivity index (χ1n) is 10.7. The van der Waals surface area contributed by atoms with Crippen LogP contribution in [0.5, 0.6) is 0 Å². The van der Waals surface area contributed by atoms with Gasteiger partial charge in [-0.25, -0.2) is 0 Å². The molecule has 0 amide bonds. The van der Waals surface area contributed by atoms with Crippen molar-refractivity contribution >= 4 is 45.5 Å². The molecule has 0 aromatic heterocycles. The molecule has 5 aromatic rings. The molecular formula is C28H29Cl2PTi. The molecule has 0 radical (unpaired) electrons. The summed E-state index contributed by atoms with van der Waals surface area (Å²) in [7, 11) is 0.0972. The summed E-state index contributed by atoms with van der Waals surface area (Å²) < 4.78 is 0. The molecule has 32 heavy (non-hydrogen) atoms. The van der Waals surface area contributed by atoms with Gasteiger partial charge in [-0.1, -0.05) is 77.1 Å². The van der Waals surface area contributed by atoms with E-state index in [0.29, 0.717) is 0 Å². The molecule has 0 atom stereocenters. The fourth-order valence-corrected chi connectivity index (χ4v) is 6.59. The van der Waals surface area contributed by atoms with Gasteiger partial charge in [0.1, 0.15) is 0 Å². The second kappa shape index (κ2) is 14.2. The molecule has 0 aliphatic heterocycles. The van der Waals surface area contributed by atoms with E-state index in [0.717, 1.165) is 0 Å². The first kappa shape index (κ1) is 28.9. The molecule has 0 saturated heterocycles. The predicted molar refractivity (Wildman–Crippen MR) is 133 cm³/mol. The largest absolute Gasteiger partial charge is 4.00 e. The third-order valence-electron chi connectivity index (χ3n) is 5.48. The molecule has 0 aliphatic rings. The summed E-state index contributed by atoms with van der Waals surface area (Å²) in [5.74, 6) is 0. The third-order valence-corrected chi connectivity index (χ3v) is 8.44. The van der Waals surface area contributed by atoms with Crippen LogP contribution < -0.4 is 30.1 Å². The molecule has 0 bridgehead atoms. The fraction of sp³-hybridized carbons (Fsp3) is 0.214. The van der Waals surface area contributed by atoms with Crippen LogP contribution in [0, 0.1) is 0 Å². The fourth-order valence-electron chi connectivity index (χ4n) is 4.13. The van der Waals surface area contributed by atoms with Crippen molar-refractivity contribution in [3.05, 3.63) is 91.0 Å². The summed E-state index contributed by atoms with van der Waals surface area (Å²) in [6.07, 6.45) is 5.40. The molecule has 0 nitrogen and oxygen atoms in total. The van der Waals surface area contributed by atoms with E-state index in [1.54, 1.807) is 5.30 Å². The quantitative estimate of drug-likeness (QED) is 0.192. The Labute approximate surface area is 221 Å². The molecule has 0 saturated carbocycles. The predicted octanol–water partition coefficient (Wildman–Crippen LogP) is 2.20. The minimum Gasteiger partial charge on any atom is -1.00 e. The van der Waals surface area contributed by atoms with Gasteiger partial charge in [-0.3, -0.25) is 0 Å². The van der Waals surface area contributed by atoms with Crippen molar-refractivity contribution in [2.45, 2.75) is 26.7 Å². The van der Waals surface area contributed by atoms with Gasteiger partial charge in [0.05, 0.1) is 0 Å². The zero-order valence-corrected chi connectivity index (χ0v) is 22.7. The van der Waals surface area contributed by atoms with E-state index in [2.05, 4.69) is 105 Å². The van der Waals surface area contributed by atoms with Crippen molar-refractivity contribution in [2.75, 3.05) is 12.3 Å². The van der Waals surface area contributed by atoms with Crippen LogP contribution in [0.25, 0.3) is 32.3 Å². The van der Waals surface area contributed by atoms with Gasteiger partial charge >= 0.3 is 21.7 Å². The number of fused-ring (bicyclic) bond motifs is 4. The molecule has 0 aliphatic carbocycles. The van der Waals surface area contributed by atoms with Crippen molar-refractivity contribution in [2.24, 2.45) is 0 Å². The van der Waals surface area contributed by atoms with Crippen molar-refractivity contribution in [1.82, 2.24) is 0 Å². The maximum Gasteiger partial charge on any atom is 4.00 e. The average molecular weight is 515 g/mol. The van der Waals surface area contributed by atoms with Crippen molar-refractivity contribution in [3.63, 3.8) is 0 Å². The molecule has 0 heterocycles. The van der Waals surface area contributed by atoms with Crippen LogP contribution in [0.2, 0.25) is 0 Å². The Morgan fingerprint density at radius 1 is 0.625 bits per heavy atom. The Hall–Kier alpha value is -1.14. The Kier molecular flexibility index (Phi) is 12.8. The monoisotopic (exact) mass is 514 g/mol. The van der Waals surface area contributed by atoms with E-state index in [-0.39, 0.29) is 54.5 Å². The third kappa shape index (κ3) is 6.69. The van der Waals surface area contributed by atoms with Crippen LogP contribution in [-0.2, 0) is 21.7 Å². The molecule has 0 unspecified atom stereocenters. The maximum atomic E-state index is 2.41. The topological polar surface area (TPSA) is 0 Å². The maximum absolute atomic E-state index is 2.41. The van der Waals surface area contributed by atoms with Crippen LogP contribution in [0.3, 0.4) is 0 Å². The second-order valence-corrected chi connectivity index (χ2v) is 10.1. The van der Waals surface area contributed by atoms with E-state index < -0.39 is 0 Å². The minimum absolute atomic E-state index is 0. The van der Waals surface area contributed by atoms with E-state index in [4.69, 9.17) is 0 Å². The zero-order valence-electron chi connectivity index (χ0n) is 18.7. The van der Waals surface area contributed by atoms with Crippen LogP contribution in [0.1, 0.15) is 26.7 Å². The van der Waals surface area contributed by atoms with Gasteiger partial charge in [-0.2, -0.15) is 6.07 Å². The summed E-state index contributed by atoms with van der Waals surface area (Å²) >= 11 is 0. The molecule has 5 rings (SSSR count). The van der Waals surface area contributed by atoms with E-state index in [1.165, 1.54) is 57.5 Å². The van der Waals surface area contributed by atoms with Gasteiger partial charge in [0, 0.05) is 0 Å². The summed E-state index contributed by atoms with van der Waals surface area (Å²) in [5.41, 5.74) is 0. The normalized spacial score (nSPS) is 10.2. The Morgan fingerprint density at radius 2 is 1.09 bits per heavy atom. The molecule has 0 N–H and O–H groups in total. The smallest absolute Gasteiger partial charge is 1.00 e. The molecular weight excluding hydrogens is 486 g/mol. The molecule has 0 fully saturated rings. The van der Waals surface area contributed by atoms with E-state index in [9.17, 15) is 0 Å². The number of hydrogen-bond acceptors (Lipinski definition) is 0. The molecule has 0 spiro atoms. The van der Waals surface area contributed by atoms with E-state index in [1.807, 2.05) is 0 Å². The Morgan fingerprint density at radius 3 is 1.59 bits per heavy atom. The van der Waals surface area contributed by atoms with Gasteiger partial charge in [0.15, 0.2) is 0 Å². The SMILES string of the molecule is CCCP(CCC)c1cc2ccccc2[cH-]1.[Cl-].[Cl-].[Ti+4].c1ccc2c(c1)[cH-]c1ccccc12. The van der Waals surface area contributed by atoms with Gasteiger partial charge in [0.2, 0.25) is 0 Å². The van der Waals surface area contributed by atoms with Crippen LogP contribution in [-0.4, -0.2) is 12.3 Å². The summed E-state index contributed by atoms with van der Waals surface area (Å²) in [6, 6.07) is 32.8. The average Bonchev–Trinajstić information content (AvgIpc) is 3.35. The van der Waals surface area contributed by atoms with Crippen molar-refractivity contribution in [3.8, 4) is 0 Å². The first-order valence-corrected chi connectivity index (χ1v) is 12.4. The molecule has 164 valence electrons. The van der Waals surface area contributed by atoms with Crippen LogP contribution >= 0.6 is 7.92 Å². The minimum atomic E-state index is 0. The Bertz CT molecular complexity index is 1120. The molecule has 5 aromatic carbocycles. The number of halogens is 2. The second-order valence-electron chi connectivity index (χ2n) is 7.65. The van der Waals surface area contributed by atoms with E-state index >= 15 is 0 Å². The van der Waals surface area contributed by atoms with Gasteiger partial charge in [0.25, 0.3) is 0 Å². The zero-order chi connectivity index (χ0) is 20.1. The van der Waals surface area contributed by atoms with Crippen molar-refractivity contribution < 1.29 is 46.5 Å². The standard InChI is InChI=1S/C15H20P.C13H9.2ClH.Ti/c1-3-9-16(10-4-2)15-11-13-7-5-6-8-14(13)12-15;1-3-7-12-10(5-1)9-11-6-2-4-8-13(11)12;;;/h5-8,11-12H,3-4,9-10H2,1-2H3;1-9H;2*1H;/q2*-1;;;+4/p-2. The van der Waals surface area contributed by atoms with Gasteiger partial charge in [-0.05, 0) is 12.3 Å². The Balaban J connectivity index is 0.000000296. The summed E-state index contributed by atoms with van der Waals surface area (Å²) in [6.45, 7) is 4.60. The van der Waals surface area contributed by atoms with Crippen LogP contribution in [0.4, 0.5) is 0 Å². The van der Waals surface area contributed by atoms with Gasteiger partial charge in [-0.15, -0.1) is 80.1 Å².